The maximum atomic E-state index is 13.6. The number of benzene rings is 1. The molecule has 2 atom stereocenters. The average Bonchev–Trinajstić information content (AvgIpc) is 2.35. The monoisotopic (exact) mass is 271 g/mol. The minimum Gasteiger partial charge on any atom is -0.393 e. The van der Waals surface area contributed by atoms with E-state index in [9.17, 15) is 9.50 Å². The number of halogens is 2. The Morgan fingerprint density at radius 1 is 1.39 bits per heavy atom. The van der Waals surface area contributed by atoms with Crippen LogP contribution < -0.4 is 5.32 Å². The molecule has 1 aromatic carbocycles. The third-order valence-corrected chi connectivity index (χ3v) is 3.83. The van der Waals surface area contributed by atoms with Gasteiger partial charge in [-0.3, -0.25) is 0 Å². The summed E-state index contributed by atoms with van der Waals surface area (Å²) in [4.78, 5) is 0. The highest BCUT2D eigenvalue weighted by Crippen LogP contribution is 2.23. The van der Waals surface area contributed by atoms with E-state index in [1.165, 1.54) is 0 Å². The molecule has 1 saturated carbocycles. The van der Waals surface area contributed by atoms with Crippen LogP contribution in [0, 0.1) is 11.7 Å². The molecule has 0 saturated heterocycles. The third-order valence-electron chi connectivity index (χ3n) is 3.54. The molecule has 2 unspecified atom stereocenters. The van der Waals surface area contributed by atoms with Crippen molar-refractivity contribution in [1.29, 1.82) is 0 Å². The summed E-state index contributed by atoms with van der Waals surface area (Å²) in [6.07, 6.45) is 3.83. The van der Waals surface area contributed by atoms with Gasteiger partial charge >= 0.3 is 0 Å². The molecule has 0 bridgehead atoms. The summed E-state index contributed by atoms with van der Waals surface area (Å²) in [5.74, 6) is 0.159. The van der Waals surface area contributed by atoms with E-state index in [4.69, 9.17) is 11.6 Å². The standard InChI is InChI=1S/C14H19ClFNO/c15-13-6-2-4-11(14(13)16)9-17-8-10-3-1-5-12(18)7-10/h2,4,6,10,12,17-18H,1,3,5,7-9H2. The third kappa shape index (κ3) is 3.67. The molecular formula is C14H19ClFNO. The van der Waals surface area contributed by atoms with Gasteiger partial charge in [0.15, 0.2) is 0 Å². The molecule has 1 aliphatic carbocycles. The van der Waals surface area contributed by atoms with Crippen molar-refractivity contribution in [3.63, 3.8) is 0 Å². The van der Waals surface area contributed by atoms with Crippen LogP contribution >= 0.6 is 11.6 Å². The number of hydrogen-bond acceptors (Lipinski definition) is 2. The summed E-state index contributed by atoms with van der Waals surface area (Å²) in [7, 11) is 0. The SMILES string of the molecule is OC1CCCC(CNCc2cccc(Cl)c2F)C1. The molecule has 0 radical (unpaired) electrons. The van der Waals surface area contributed by atoms with Crippen LogP contribution in [-0.2, 0) is 6.54 Å². The summed E-state index contributed by atoms with van der Waals surface area (Å²) in [6.45, 7) is 1.31. The number of aliphatic hydroxyl groups excluding tert-OH is 1. The van der Waals surface area contributed by atoms with E-state index >= 15 is 0 Å². The second-order valence-corrected chi connectivity index (χ2v) is 5.44. The molecule has 2 rings (SSSR count). The molecule has 0 heterocycles. The van der Waals surface area contributed by atoms with E-state index in [2.05, 4.69) is 5.32 Å². The van der Waals surface area contributed by atoms with Gasteiger partial charge in [0.25, 0.3) is 0 Å². The molecule has 0 spiro atoms. The van der Waals surface area contributed by atoms with Crippen molar-refractivity contribution in [2.45, 2.75) is 38.3 Å². The summed E-state index contributed by atoms with van der Waals surface area (Å²) in [5, 5.41) is 13.0. The van der Waals surface area contributed by atoms with Crippen LogP contribution in [0.2, 0.25) is 5.02 Å². The molecular weight excluding hydrogens is 253 g/mol. The van der Waals surface area contributed by atoms with Gasteiger partial charge < -0.3 is 10.4 Å². The lowest BCUT2D eigenvalue weighted by atomic mass is 9.87. The fourth-order valence-electron chi connectivity index (χ4n) is 2.54. The first-order chi connectivity index (χ1) is 8.66. The topological polar surface area (TPSA) is 32.3 Å². The Hall–Kier alpha value is -0.640. The van der Waals surface area contributed by atoms with Crippen LogP contribution in [0.3, 0.4) is 0 Å². The quantitative estimate of drug-likeness (QED) is 0.882. The van der Waals surface area contributed by atoms with Crippen molar-refractivity contribution in [1.82, 2.24) is 5.32 Å². The predicted octanol–water partition coefficient (Wildman–Crippen LogP) is 3.12. The summed E-state index contributed by atoms with van der Waals surface area (Å²) < 4.78 is 13.6. The van der Waals surface area contributed by atoms with Gasteiger partial charge in [-0.1, -0.05) is 30.2 Å². The lowest BCUT2D eigenvalue weighted by Gasteiger charge is -2.26. The van der Waals surface area contributed by atoms with E-state index in [1.54, 1.807) is 18.2 Å². The van der Waals surface area contributed by atoms with Gasteiger partial charge in [0.2, 0.25) is 0 Å². The first-order valence-electron chi connectivity index (χ1n) is 6.48. The van der Waals surface area contributed by atoms with E-state index < -0.39 is 0 Å². The average molecular weight is 272 g/mol. The fourth-order valence-corrected chi connectivity index (χ4v) is 2.74. The molecule has 100 valence electrons. The number of hydrogen-bond donors (Lipinski definition) is 2. The minimum absolute atomic E-state index is 0.159. The van der Waals surface area contributed by atoms with Gasteiger partial charge in [0.05, 0.1) is 11.1 Å². The molecule has 1 aromatic rings. The molecule has 4 heteroatoms. The smallest absolute Gasteiger partial charge is 0.146 e. The lowest BCUT2D eigenvalue weighted by Crippen LogP contribution is -2.29. The molecule has 1 fully saturated rings. The first kappa shape index (κ1) is 13.8. The van der Waals surface area contributed by atoms with Crippen LogP contribution in [-0.4, -0.2) is 17.8 Å². The van der Waals surface area contributed by atoms with E-state index in [-0.39, 0.29) is 16.9 Å². The zero-order valence-electron chi connectivity index (χ0n) is 10.3. The summed E-state index contributed by atoms with van der Waals surface area (Å²) in [5.41, 5.74) is 0.596. The zero-order valence-corrected chi connectivity index (χ0v) is 11.1. The Labute approximate surface area is 112 Å². The maximum absolute atomic E-state index is 13.6. The van der Waals surface area contributed by atoms with E-state index in [0.717, 1.165) is 32.2 Å². The molecule has 18 heavy (non-hydrogen) atoms. The van der Waals surface area contributed by atoms with E-state index in [1.807, 2.05) is 0 Å². The van der Waals surface area contributed by atoms with Crippen molar-refractivity contribution in [3.8, 4) is 0 Å². The summed E-state index contributed by atoms with van der Waals surface area (Å²) in [6, 6.07) is 5.05. The van der Waals surface area contributed by atoms with E-state index in [0.29, 0.717) is 18.0 Å². The predicted molar refractivity (Wildman–Crippen MR) is 71.1 cm³/mol. The Morgan fingerprint density at radius 3 is 3.00 bits per heavy atom. The number of nitrogens with one attached hydrogen (secondary N) is 1. The van der Waals surface area contributed by atoms with Gasteiger partial charge in [0, 0.05) is 12.1 Å². The van der Waals surface area contributed by atoms with Crippen molar-refractivity contribution in [2.75, 3.05) is 6.54 Å². The Balaban J connectivity index is 1.79. The second kappa shape index (κ2) is 6.50. The summed E-state index contributed by atoms with van der Waals surface area (Å²) >= 11 is 5.72. The van der Waals surface area contributed by atoms with Crippen LogP contribution in [0.5, 0.6) is 0 Å². The van der Waals surface area contributed by atoms with Crippen LogP contribution in [0.1, 0.15) is 31.2 Å². The lowest BCUT2D eigenvalue weighted by molar-refractivity contribution is 0.101. The van der Waals surface area contributed by atoms with Gasteiger partial charge in [-0.2, -0.15) is 0 Å². The van der Waals surface area contributed by atoms with Gasteiger partial charge in [-0.05, 0) is 37.8 Å². The van der Waals surface area contributed by atoms with Crippen LogP contribution in [0.25, 0.3) is 0 Å². The molecule has 0 aromatic heterocycles. The Morgan fingerprint density at radius 2 is 2.22 bits per heavy atom. The highest BCUT2D eigenvalue weighted by Gasteiger charge is 2.19. The van der Waals surface area contributed by atoms with Crippen molar-refractivity contribution < 1.29 is 9.50 Å². The maximum Gasteiger partial charge on any atom is 0.146 e. The Kier molecular flexibility index (Phi) is 4.98. The number of rotatable bonds is 4. The fraction of sp³-hybridized carbons (Fsp3) is 0.571. The highest BCUT2D eigenvalue weighted by atomic mass is 35.5. The highest BCUT2D eigenvalue weighted by molar-refractivity contribution is 6.30. The van der Waals surface area contributed by atoms with Crippen molar-refractivity contribution in [2.24, 2.45) is 5.92 Å². The molecule has 0 aliphatic heterocycles. The first-order valence-corrected chi connectivity index (χ1v) is 6.86. The van der Waals surface area contributed by atoms with Gasteiger partial charge in [0.1, 0.15) is 5.82 Å². The van der Waals surface area contributed by atoms with Crippen molar-refractivity contribution >= 4 is 11.6 Å². The normalized spacial score (nSPS) is 24.2. The minimum atomic E-state index is -0.338. The molecule has 0 amide bonds. The number of aliphatic hydroxyl groups is 1. The molecule has 1 aliphatic rings. The molecule has 2 nitrogen and oxygen atoms in total. The molecule has 2 N–H and O–H groups in total. The van der Waals surface area contributed by atoms with Crippen molar-refractivity contribution in [3.05, 3.63) is 34.6 Å². The zero-order chi connectivity index (χ0) is 13.0. The second-order valence-electron chi connectivity index (χ2n) is 5.03. The van der Waals surface area contributed by atoms with Gasteiger partial charge in [-0.15, -0.1) is 0 Å². The largest absolute Gasteiger partial charge is 0.393 e. The van der Waals surface area contributed by atoms with Crippen LogP contribution in [0.4, 0.5) is 4.39 Å². The Bertz CT molecular complexity index is 399. The van der Waals surface area contributed by atoms with Crippen LogP contribution in [0.15, 0.2) is 18.2 Å². The van der Waals surface area contributed by atoms with Gasteiger partial charge in [-0.25, -0.2) is 4.39 Å².